The lowest BCUT2D eigenvalue weighted by Gasteiger charge is -2.21. The van der Waals surface area contributed by atoms with Crippen molar-refractivity contribution in [2.45, 2.75) is 18.9 Å². The minimum atomic E-state index is -0.926. The van der Waals surface area contributed by atoms with Gasteiger partial charge >= 0.3 is 5.97 Å². The zero-order valence-electron chi connectivity index (χ0n) is 10.3. The number of carbonyl (C=O) groups is 2. The molecule has 2 N–H and O–H groups in total. The summed E-state index contributed by atoms with van der Waals surface area (Å²) in [5.74, 6) is -1.14. The van der Waals surface area contributed by atoms with Crippen LogP contribution in [0.3, 0.4) is 0 Å². The second kappa shape index (κ2) is 4.42. The molecule has 98 valence electrons. The molecule has 19 heavy (non-hydrogen) atoms. The van der Waals surface area contributed by atoms with Gasteiger partial charge in [0.1, 0.15) is 6.04 Å². The summed E-state index contributed by atoms with van der Waals surface area (Å²) in [6, 6.07) is 6.66. The molecule has 5 heteroatoms. The van der Waals surface area contributed by atoms with Gasteiger partial charge in [0, 0.05) is 18.1 Å². The molecule has 1 aliphatic rings. The SMILES string of the molecule is O=C(O)[C@@H]1CCCN1C(=O)c1cccc2cc[nH]c12. The predicted molar refractivity (Wildman–Crippen MR) is 70.0 cm³/mol. The van der Waals surface area contributed by atoms with Crippen molar-refractivity contribution >= 4 is 22.8 Å². The van der Waals surface area contributed by atoms with Crippen molar-refractivity contribution in [3.63, 3.8) is 0 Å². The van der Waals surface area contributed by atoms with Gasteiger partial charge in [-0.3, -0.25) is 4.79 Å². The first-order valence-electron chi connectivity index (χ1n) is 6.28. The van der Waals surface area contributed by atoms with E-state index in [0.29, 0.717) is 18.5 Å². The fraction of sp³-hybridized carbons (Fsp3) is 0.286. The zero-order chi connectivity index (χ0) is 13.4. The molecule has 0 saturated carbocycles. The van der Waals surface area contributed by atoms with Crippen molar-refractivity contribution in [3.05, 3.63) is 36.0 Å². The third-order valence-electron chi connectivity index (χ3n) is 3.62. The number of benzene rings is 1. The average molecular weight is 258 g/mol. The van der Waals surface area contributed by atoms with E-state index in [1.165, 1.54) is 4.90 Å². The van der Waals surface area contributed by atoms with Crippen LogP contribution in [0.15, 0.2) is 30.5 Å². The number of fused-ring (bicyclic) bond motifs is 1. The maximum absolute atomic E-state index is 12.5. The number of aromatic nitrogens is 1. The molecule has 1 amide bonds. The summed E-state index contributed by atoms with van der Waals surface area (Å²) in [4.78, 5) is 28.2. The normalized spacial score (nSPS) is 18.9. The fourth-order valence-corrected chi connectivity index (χ4v) is 2.68. The maximum Gasteiger partial charge on any atom is 0.326 e. The highest BCUT2D eigenvalue weighted by molar-refractivity contribution is 6.06. The molecule has 1 atom stereocenters. The number of aromatic amines is 1. The standard InChI is InChI=1S/C14H14N2O3/c17-13(16-8-2-5-11(16)14(18)19)10-4-1-3-9-6-7-15-12(9)10/h1,3-4,6-7,11,15H,2,5,8H2,(H,18,19)/t11-/m0/s1. The molecule has 1 aromatic heterocycles. The van der Waals surface area contributed by atoms with E-state index in [0.717, 1.165) is 17.3 Å². The first-order chi connectivity index (χ1) is 9.18. The Kier molecular flexibility index (Phi) is 2.74. The van der Waals surface area contributed by atoms with E-state index >= 15 is 0 Å². The van der Waals surface area contributed by atoms with Crippen LogP contribution < -0.4 is 0 Å². The van der Waals surface area contributed by atoms with Crippen LogP contribution in [0, 0.1) is 0 Å². The molecule has 0 aliphatic carbocycles. The summed E-state index contributed by atoms with van der Waals surface area (Å²) in [5, 5.41) is 10.1. The number of carboxylic acids is 1. The van der Waals surface area contributed by atoms with Gasteiger partial charge in [-0.2, -0.15) is 0 Å². The molecule has 0 spiro atoms. The Morgan fingerprint density at radius 1 is 1.32 bits per heavy atom. The summed E-state index contributed by atoms with van der Waals surface area (Å²) in [6.07, 6.45) is 3.05. The van der Waals surface area contributed by atoms with E-state index in [9.17, 15) is 9.59 Å². The van der Waals surface area contributed by atoms with Crippen molar-refractivity contribution in [1.29, 1.82) is 0 Å². The number of carbonyl (C=O) groups excluding carboxylic acids is 1. The van der Waals surface area contributed by atoms with Crippen molar-refractivity contribution in [2.24, 2.45) is 0 Å². The molecule has 1 aliphatic heterocycles. The highest BCUT2D eigenvalue weighted by Gasteiger charge is 2.34. The summed E-state index contributed by atoms with van der Waals surface area (Å²) in [6.45, 7) is 0.507. The molecule has 0 radical (unpaired) electrons. The Morgan fingerprint density at radius 3 is 2.95 bits per heavy atom. The smallest absolute Gasteiger partial charge is 0.326 e. The largest absolute Gasteiger partial charge is 0.480 e. The second-order valence-corrected chi connectivity index (χ2v) is 4.74. The fourth-order valence-electron chi connectivity index (χ4n) is 2.68. The van der Waals surface area contributed by atoms with Crippen LogP contribution in [-0.4, -0.2) is 39.5 Å². The summed E-state index contributed by atoms with van der Waals surface area (Å²) in [7, 11) is 0. The number of nitrogens with one attached hydrogen (secondary N) is 1. The van der Waals surface area contributed by atoms with Crippen LogP contribution in [0.5, 0.6) is 0 Å². The number of amides is 1. The second-order valence-electron chi connectivity index (χ2n) is 4.74. The number of likely N-dealkylation sites (tertiary alicyclic amines) is 1. The predicted octanol–water partition coefficient (Wildman–Crippen LogP) is 1.86. The molecule has 3 rings (SSSR count). The molecule has 1 aromatic carbocycles. The van der Waals surface area contributed by atoms with Gasteiger partial charge < -0.3 is 15.0 Å². The van der Waals surface area contributed by atoms with Crippen LogP contribution in [0.2, 0.25) is 0 Å². The Hall–Kier alpha value is -2.30. The van der Waals surface area contributed by atoms with Crippen molar-refractivity contribution in [1.82, 2.24) is 9.88 Å². The molecule has 1 fully saturated rings. The molecule has 2 aromatic rings. The lowest BCUT2D eigenvalue weighted by atomic mass is 10.1. The van der Waals surface area contributed by atoms with Crippen LogP contribution >= 0.6 is 0 Å². The Labute approximate surface area is 109 Å². The topological polar surface area (TPSA) is 73.4 Å². The van der Waals surface area contributed by atoms with Gasteiger partial charge in [0.25, 0.3) is 5.91 Å². The van der Waals surface area contributed by atoms with Crippen LogP contribution in [0.4, 0.5) is 0 Å². The van der Waals surface area contributed by atoms with E-state index in [1.54, 1.807) is 12.3 Å². The van der Waals surface area contributed by atoms with Crippen LogP contribution in [0.25, 0.3) is 10.9 Å². The van der Waals surface area contributed by atoms with E-state index in [4.69, 9.17) is 5.11 Å². The molecular formula is C14H14N2O3. The lowest BCUT2D eigenvalue weighted by Crippen LogP contribution is -2.40. The number of hydrogen-bond donors (Lipinski definition) is 2. The molecule has 0 bridgehead atoms. The number of H-pyrrole nitrogens is 1. The first kappa shape index (κ1) is 11.8. The van der Waals surface area contributed by atoms with E-state index in [1.807, 2.05) is 18.2 Å². The number of nitrogens with zero attached hydrogens (tertiary/aromatic N) is 1. The minimum Gasteiger partial charge on any atom is -0.480 e. The Balaban J connectivity index is 2.00. The molecular weight excluding hydrogens is 244 g/mol. The Morgan fingerprint density at radius 2 is 2.16 bits per heavy atom. The van der Waals surface area contributed by atoms with Gasteiger partial charge in [-0.1, -0.05) is 12.1 Å². The van der Waals surface area contributed by atoms with E-state index < -0.39 is 12.0 Å². The van der Waals surface area contributed by atoms with Gasteiger partial charge in [-0.25, -0.2) is 4.79 Å². The highest BCUT2D eigenvalue weighted by atomic mass is 16.4. The van der Waals surface area contributed by atoms with Gasteiger partial charge in [0.15, 0.2) is 0 Å². The van der Waals surface area contributed by atoms with Crippen molar-refractivity contribution < 1.29 is 14.7 Å². The van der Waals surface area contributed by atoms with E-state index in [-0.39, 0.29) is 5.91 Å². The van der Waals surface area contributed by atoms with Gasteiger partial charge in [-0.05, 0) is 25.0 Å². The molecule has 0 unspecified atom stereocenters. The first-order valence-corrected chi connectivity index (χ1v) is 6.28. The summed E-state index contributed by atoms with van der Waals surface area (Å²) >= 11 is 0. The number of hydrogen-bond acceptors (Lipinski definition) is 2. The van der Waals surface area contributed by atoms with Crippen molar-refractivity contribution in [2.75, 3.05) is 6.54 Å². The lowest BCUT2D eigenvalue weighted by molar-refractivity contribution is -0.141. The average Bonchev–Trinajstić information content (AvgIpc) is 3.05. The van der Waals surface area contributed by atoms with Gasteiger partial charge in [-0.15, -0.1) is 0 Å². The molecule has 1 saturated heterocycles. The number of carboxylic acid groups (broad SMARTS) is 1. The van der Waals surface area contributed by atoms with Crippen molar-refractivity contribution in [3.8, 4) is 0 Å². The highest BCUT2D eigenvalue weighted by Crippen LogP contribution is 2.24. The number of aliphatic carboxylic acids is 1. The van der Waals surface area contributed by atoms with Crippen LogP contribution in [-0.2, 0) is 4.79 Å². The van der Waals surface area contributed by atoms with E-state index in [2.05, 4.69) is 4.98 Å². The van der Waals surface area contributed by atoms with Crippen LogP contribution in [0.1, 0.15) is 23.2 Å². The zero-order valence-corrected chi connectivity index (χ0v) is 10.3. The Bertz CT molecular complexity index is 647. The number of rotatable bonds is 2. The molecule has 5 nitrogen and oxygen atoms in total. The third-order valence-corrected chi connectivity index (χ3v) is 3.62. The van der Waals surface area contributed by atoms with Gasteiger partial charge in [0.2, 0.25) is 0 Å². The summed E-state index contributed by atoms with van der Waals surface area (Å²) < 4.78 is 0. The maximum atomic E-state index is 12.5. The third kappa shape index (κ3) is 1.87. The van der Waals surface area contributed by atoms with Gasteiger partial charge in [0.05, 0.1) is 11.1 Å². The monoisotopic (exact) mass is 258 g/mol. The minimum absolute atomic E-state index is 0.210. The molecule has 2 heterocycles. The number of para-hydroxylation sites is 1. The quantitative estimate of drug-likeness (QED) is 0.863. The summed E-state index contributed by atoms with van der Waals surface area (Å²) in [5.41, 5.74) is 1.30.